The first kappa shape index (κ1) is 37.2. The number of hydrogen-bond donors (Lipinski definition) is 0. The normalized spacial score (nSPS) is 12.0. The van der Waals surface area contributed by atoms with Crippen molar-refractivity contribution in [1.29, 1.82) is 0 Å². The Labute approximate surface area is 277 Å². The van der Waals surface area contributed by atoms with Crippen LogP contribution in [0.3, 0.4) is 0 Å². The van der Waals surface area contributed by atoms with Crippen LogP contribution in [0.25, 0.3) is 21.5 Å². The van der Waals surface area contributed by atoms with Gasteiger partial charge in [-0.2, -0.15) is 0 Å². The third-order valence-corrected chi connectivity index (χ3v) is 7.72. The van der Waals surface area contributed by atoms with E-state index in [1.807, 2.05) is 41.5 Å². The van der Waals surface area contributed by atoms with Gasteiger partial charge in [-0.1, -0.05) is 99.9 Å². The highest BCUT2D eigenvalue weighted by molar-refractivity contribution is 6.11. The summed E-state index contributed by atoms with van der Waals surface area (Å²) in [5.41, 5.74) is -0.815. The van der Waals surface area contributed by atoms with E-state index < -0.39 is 11.2 Å². The minimum atomic E-state index is -0.408. The van der Waals surface area contributed by atoms with Crippen LogP contribution in [0.4, 0.5) is 0 Å². The van der Waals surface area contributed by atoms with Crippen molar-refractivity contribution in [3.63, 3.8) is 0 Å². The average Bonchev–Trinajstić information content (AvgIpc) is 2.98. The van der Waals surface area contributed by atoms with Crippen LogP contribution in [0, 0.1) is 0 Å². The second-order valence-electron chi connectivity index (χ2n) is 14.4. The summed E-state index contributed by atoms with van der Waals surface area (Å²) in [5, 5.41) is 4.35. The summed E-state index contributed by atoms with van der Waals surface area (Å²) in [5.74, 6) is 1.67. The van der Waals surface area contributed by atoms with Crippen molar-refractivity contribution in [2.24, 2.45) is 0 Å². The lowest BCUT2D eigenvalue weighted by Crippen LogP contribution is -2.23. The molecule has 6 heteroatoms. The molecular formula is C40H58O6. The molecule has 0 bridgehead atoms. The van der Waals surface area contributed by atoms with Crippen molar-refractivity contribution in [3.05, 3.63) is 48.5 Å². The summed E-state index contributed by atoms with van der Waals surface area (Å²) >= 11 is 0. The second-order valence-corrected chi connectivity index (χ2v) is 14.4. The Bertz CT molecular complexity index is 1200. The largest absolute Gasteiger partial charge is 0.492 e. The van der Waals surface area contributed by atoms with Gasteiger partial charge < -0.3 is 18.9 Å². The van der Waals surface area contributed by atoms with E-state index >= 15 is 0 Å². The standard InChI is InChI=1S/C40H58O6/c1-39(2,3)45-35(41)27-15-11-7-9-13-21-29-43-37-31-23-17-19-25-33(31)38(34-26-20-18-24-32(34)37)44-30-22-14-10-8-12-16-28-36(42)46-40(4,5)6/h17-20,23-26H,7-16,21-22,27-30H2,1-6H3. The molecule has 0 saturated heterocycles. The third kappa shape index (κ3) is 13.6. The monoisotopic (exact) mass is 634 g/mol. The van der Waals surface area contributed by atoms with Crippen LogP contribution < -0.4 is 9.47 Å². The molecule has 0 aliphatic rings. The quantitative estimate of drug-likeness (QED) is 0.0699. The van der Waals surface area contributed by atoms with Crippen molar-refractivity contribution >= 4 is 33.5 Å². The molecule has 0 aliphatic heterocycles. The summed E-state index contributed by atoms with van der Waals surface area (Å²) in [4.78, 5) is 23.8. The lowest BCUT2D eigenvalue weighted by Gasteiger charge is -2.19. The Kier molecular flexibility index (Phi) is 15.2. The summed E-state index contributed by atoms with van der Waals surface area (Å²) in [6.07, 6.45) is 13.6. The lowest BCUT2D eigenvalue weighted by atomic mass is 10.0. The fraction of sp³-hybridized carbons (Fsp3) is 0.600. The molecule has 0 spiro atoms. The number of rotatable bonds is 20. The molecule has 0 aromatic heterocycles. The van der Waals surface area contributed by atoms with Gasteiger partial charge in [0.15, 0.2) is 0 Å². The molecule has 0 atom stereocenters. The highest BCUT2D eigenvalue weighted by atomic mass is 16.6. The van der Waals surface area contributed by atoms with E-state index in [0.29, 0.717) is 26.1 Å². The molecule has 0 saturated carbocycles. The van der Waals surface area contributed by atoms with Crippen LogP contribution in [-0.4, -0.2) is 36.4 Å². The van der Waals surface area contributed by atoms with Crippen LogP contribution in [-0.2, 0) is 19.1 Å². The number of carbonyl (C=O) groups excluding carboxylic acids is 2. The molecule has 0 N–H and O–H groups in total. The topological polar surface area (TPSA) is 71.1 Å². The van der Waals surface area contributed by atoms with Crippen LogP contribution in [0.1, 0.15) is 131 Å². The Morgan fingerprint density at radius 2 is 0.739 bits per heavy atom. The maximum absolute atomic E-state index is 11.9. The van der Waals surface area contributed by atoms with Gasteiger partial charge in [0, 0.05) is 34.4 Å². The first-order valence-electron chi connectivity index (χ1n) is 17.6. The van der Waals surface area contributed by atoms with Crippen LogP contribution in [0.15, 0.2) is 48.5 Å². The molecule has 3 aromatic carbocycles. The third-order valence-electron chi connectivity index (χ3n) is 7.72. The van der Waals surface area contributed by atoms with E-state index in [-0.39, 0.29) is 11.9 Å². The van der Waals surface area contributed by atoms with Gasteiger partial charge in [0.25, 0.3) is 0 Å². The maximum atomic E-state index is 11.9. The average molecular weight is 635 g/mol. The molecule has 0 amide bonds. The van der Waals surface area contributed by atoms with Gasteiger partial charge in [0.1, 0.15) is 22.7 Å². The Hall–Kier alpha value is -3.28. The number of ether oxygens (including phenoxy) is 4. The fourth-order valence-corrected chi connectivity index (χ4v) is 5.65. The lowest BCUT2D eigenvalue weighted by molar-refractivity contribution is -0.156. The molecule has 0 radical (unpaired) electrons. The SMILES string of the molecule is CC(C)(C)OC(=O)CCCCCCCCOc1c2ccccc2c(OCCCCCCCCC(=O)OC(C)(C)C)c2ccccc12. The smallest absolute Gasteiger partial charge is 0.306 e. The number of unbranched alkanes of at least 4 members (excludes halogenated alkanes) is 10. The number of carbonyl (C=O) groups is 2. The predicted molar refractivity (Wildman–Crippen MR) is 189 cm³/mol. The number of benzene rings is 3. The van der Waals surface area contributed by atoms with E-state index in [9.17, 15) is 9.59 Å². The van der Waals surface area contributed by atoms with Crippen molar-refractivity contribution in [1.82, 2.24) is 0 Å². The zero-order valence-corrected chi connectivity index (χ0v) is 29.4. The van der Waals surface area contributed by atoms with Crippen LogP contribution in [0.2, 0.25) is 0 Å². The molecule has 3 rings (SSSR count). The molecule has 6 nitrogen and oxygen atoms in total. The highest BCUT2D eigenvalue weighted by Crippen LogP contribution is 2.42. The van der Waals surface area contributed by atoms with Gasteiger partial charge in [-0.15, -0.1) is 0 Å². The molecule has 0 aliphatic carbocycles. The summed E-state index contributed by atoms with van der Waals surface area (Å²) in [7, 11) is 0. The van der Waals surface area contributed by atoms with Gasteiger partial charge in [0.2, 0.25) is 0 Å². The van der Waals surface area contributed by atoms with Crippen LogP contribution >= 0.6 is 0 Å². The number of hydrogen-bond acceptors (Lipinski definition) is 6. The zero-order chi connectivity index (χ0) is 33.4. The second kappa shape index (κ2) is 18.8. The van der Waals surface area contributed by atoms with Gasteiger partial charge in [-0.25, -0.2) is 0 Å². The molecule has 46 heavy (non-hydrogen) atoms. The van der Waals surface area contributed by atoms with E-state index in [2.05, 4.69) is 48.5 Å². The van der Waals surface area contributed by atoms with Gasteiger partial charge in [-0.3, -0.25) is 9.59 Å². The number of fused-ring (bicyclic) bond motifs is 2. The van der Waals surface area contributed by atoms with E-state index in [0.717, 1.165) is 110 Å². The van der Waals surface area contributed by atoms with Gasteiger partial charge in [0.05, 0.1) is 13.2 Å². The molecule has 3 aromatic rings. The molecule has 0 unspecified atom stereocenters. The van der Waals surface area contributed by atoms with Crippen molar-refractivity contribution < 1.29 is 28.5 Å². The summed E-state index contributed by atoms with van der Waals surface area (Å²) in [6.45, 7) is 12.8. The molecule has 0 heterocycles. The van der Waals surface area contributed by atoms with Crippen molar-refractivity contribution in [2.75, 3.05) is 13.2 Å². The Morgan fingerprint density at radius 1 is 0.457 bits per heavy atom. The van der Waals surface area contributed by atoms with E-state index in [1.54, 1.807) is 0 Å². The highest BCUT2D eigenvalue weighted by Gasteiger charge is 2.18. The summed E-state index contributed by atoms with van der Waals surface area (Å²) in [6, 6.07) is 16.8. The van der Waals surface area contributed by atoms with Gasteiger partial charge >= 0.3 is 11.9 Å². The predicted octanol–water partition coefficient (Wildman–Crippen LogP) is 10.9. The maximum Gasteiger partial charge on any atom is 0.306 e. The minimum absolute atomic E-state index is 0.1000. The van der Waals surface area contributed by atoms with Gasteiger partial charge in [-0.05, 0) is 67.2 Å². The Morgan fingerprint density at radius 3 is 1.04 bits per heavy atom. The minimum Gasteiger partial charge on any atom is -0.492 e. The van der Waals surface area contributed by atoms with Crippen molar-refractivity contribution in [2.45, 2.75) is 143 Å². The zero-order valence-electron chi connectivity index (χ0n) is 29.4. The van der Waals surface area contributed by atoms with Crippen LogP contribution in [0.5, 0.6) is 11.5 Å². The first-order valence-corrected chi connectivity index (χ1v) is 17.6. The molecule has 254 valence electrons. The van der Waals surface area contributed by atoms with Crippen molar-refractivity contribution in [3.8, 4) is 11.5 Å². The molecular weight excluding hydrogens is 576 g/mol. The summed E-state index contributed by atoms with van der Waals surface area (Å²) < 4.78 is 23.7. The Balaban J connectivity index is 1.43. The fourth-order valence-electron chi connectivity index (χ4n) is 5.65. The van der Waals surface area contributed by atoms with E-state index in [1.165, 1.54) is 0 Å². The number of esters is 2. The molecule has 0 fully saturated rings. The van der Waals surface area contributed by atoms with E-state index in [4.69, 9.17) is 18.9 Å². The first-order chi connectivity index (χ1) is 21.9.